The molecule has 0 saturated heterocycles. The number of rotatable bonds is 8. The number of anilines is 2. The van der Waals surface area contributed by atoms with Crippen molar-refractivity contribution in [3.05, 3.63) is 90.0 Å². The molecule has 0 aliphatic rings. The maximum atomic E-state index is 13.0. The van der Waals surface area contributed by atoms with Crippen LogP contribution in [0, 0.1) is 0 Å². The van der Waals surface area contributed by atoms with E-state index in [-0.39, 0.29) is 6.61 Å². The van der Waals surface area contributed by atoms with Gasteiger partial charge in [-0.1, -0.05) is 55.5 Å². The molecule has 1 N–H and O–H groups in total. The molecule has 30 heavy (non-hydrogen) atoms. The standard InChI is InChI=1S/C24H23NO5/c1-2-21-18(10-9-15-22(21)29-17-23(26)27)16-30-24(28)25(19-11-5-3-6-12-19)20-13-7-4-8-14-20/h3-15H,2,16-17H2,1H3,(H,26,27). The van der Waals surface area contributed by atoms with Crippen LogP contribution in [-0.2, 0) is 22.6 Å². The van der Waals surface area contributed by atoms with E-state index in [0.717, 1.165) is 11.1 Å². The number of carboxylic acids is 1. The Morgan fingerprint density at radius 1 is 0.867 bits per heavy atom. The van der Waals surface area contributed by atoms with Gasteiger partial charge in [-0.15, -0.1) is 0 Å². The summed E-state index contributed by atoms with van der Waals surface area (Å²) in [6.07, 6.45) is 0.107. The van der Waals surface area contributed by atoms with E-state index in [1.165, 1.54) is 4.90 Å². The molecule has 0 unspecified atom stereocenters. The molecule has 154 valence electrons. The number of amides is 1. The highest BCUT2D eigenvalue weighted by molar-refractivity contribution is 5.95. The zero-order valence-corrected chi connectivity index (χ0v) is 16.7. The van der Waals surface area contributed by atoms with Crippen LogP contribution in [0.5, 0.6) is 5.75 Å². The minimum absolute atomic E-state index is 0.0441. The molecule has 3 aromatic carbocycles. The number of carbonyl (C=O) groups excluding carboxylic acids is 1. The van der Waals surface area contributed by atoms with Crippen molar-refractivity contribution < 1.29 is 24.2 Å². The Bertz CT molecular complexity index is 949. The highest BCUT2D eigenvalue weighted by atomic mass is 16.6. The number of nitrogens with zero attached hydrogens (tertiary/aromatic N) is 1. The normalized spacial score (nSPS) is 10.3. The summed E-state index contributed by atoms with van der Waals surface area (Å²) in [4.78, 5) is 25.3. The predicted octanol–water partition coefficient (Wildman–Crippen LogP) is 5.19. The van der Waals surface area contributed by atoms with Crippen LogP contribution in [0.25, 0.3) is 0 Å². The van der Waals surface area contributed by atoms with Crippen LogP contribution >= 0.6 is 0 Å². The number of hydrogen-bond acceptors (Lipinski definition) is 4. The average Bonchev–Trinajstić information content (AvgIpc) is 2.77. The van der Waals surface area contributed by atoms with E-state index < -0.39 is 18.7 Å². The predicted molar refractivity (Wildman–Crippen MR) is 114 cm³/mol. The van der Waals surface area contributed by atoms with Crippen LogP contribution < -0.4 is 9.64 Å². The Morgan fingerprint density at radius 2 is 1.47 bits per heavy atom. The van der Waals surface area contributed by atoms with Crippen molar-refractivity contribution in [2.24, 2.45) is 0 Å². The monoisotopic (exact) mass is 405 g/mol. The first-order valence-electron chi connectivity index (χ1n) is 9.62. The maximum Gasteiger partial charge on any atom is 0.419 e. The van der Waals surface area contributed by atoms with E-state index in [9.17, 15) is 9.59 Å². The average molecular weight is 405 g/mol. The van der Waals surface area contributed by atoms with Crippen LogP contribution in [-0.4, -0.2) is 23.8 Å². The summed E-state index contributed by atoms with van der Waals surface area (Å²) in [6.45, 7) is 1.56. The van der Waals surface area contributed by atoms with E-state index in [0.29, 0.717) is 23.5 Å². The highest BCUT2D eigenvalue weighted by Crippen LogP contribution is 2.28. The molecule has 6 nitrogen and oxygen atoms in total. The second kappa shape index (κ2) is 10.1. The van der Waals surface area contributed by atoms with Crippen molar-refractivity contribution in [1.29, 1.82) is 0 Å². The van der Waals surface area contributed by atoms with Gasteiger partial charge in [-0.3, -0.25) is 0 Å². The molecule has 0 aromatic heterocycles. The van der Waals surface area contributed by atoms with Crippen molar-refractivity contribution in [1.82, 2.24) is 0 Å². The third-order valence-corrected chi connectivity index (χ3v) is 4.50. The lowest BCUT2D eigenvalue weighted by Gasteiger charge is -2.23. The number of benzene rings is 3. The second-order valence-corrected chi connectivity index (χ2v) is 6.49. The Hall–Kier alpha value is -3.80. The van der Waals surface area contributed by atoms with Gasteiger partial charge in [0, 0.05) is 5.56 Å². The van der Waals surface area contributed by atoms with Crippen LogP contribution in [0.3, 0.4) is 0 Å². The van der Waals surface area contributed by atoms with E-state index >= 15 is 0 Å². The molecule has 0 fully saturated rings. The number of aliphatic carboxylic acids is 1. The van der Waals surface area contributed by atoms with Gasteiger partial charge < -0.3 is 14.6 Å². The number of para-hydroxylation sites is 2. The van der Waals surface area contributed by atoms with Crippen LogP contribution in [0.15, 0.2) is 78.9 Å². The first-order valence-corrected chi connectivity index (χ1v) is 9.62. The van der Waals surface area contributed by atoms with E-state index in [1.54, 1.807) is 12.1 Å². The SMILES string of the molecule is CCc1c(COC(=O)N(c2ccccc2)c2ccccc2)cccc1OCC(=O)O. The Labute approximate surface area is 175 Å². The van der Waals surface area contributed by atoms with Crippen LogP contribution in [0.4, 0.5) is 16.2 Å². The van der Waals surface area contributed by atoms with Crippen molar-refractivity contribution in [3.63, 3.8) is 0 Å². The lowest BCUT2D eigenvalue weighted by molar-refractivity contribution is -0.139. The Morgan fingerprint density at radius 3 is 2.00 bits per heavy atom. The molecule has 0 aliphatic carbocycles. The summed E-state index contributed by atoms with van der Waals surface area (Å²) in [6, 6.07) is 23.9. The highest BCUT2D eigenvalue weighted by Gasteiger charge is 2.20. The quantitative estimate of drug-likeness (QED) is 0.558. The minimum atomic E-state index is -1.05. The number of carboxylic acid groups (broad SMARTS) is 1. The molecule has 1 amide bonds. The van der Waals surface area contributed by atoms with Gasteiger partial charge in [-0.25, -0.2) is 14.5 Å². The lowest BCUT2D eigenvalue weighted by atomic mass is 10.0. The van der Waals surface area contributed by atoms with Crippen molar-refractivity contribution in [2.45, 2.75) is 20.0 Å². The fourth-order valence-corrected chi connectivity index (χ4v) is 3.14. The van der Waals surface area contributed by atoms with Gasteiger partial charge in [0.1, 0.15) is 12.4 Å². The van der Waals surface area contributed by atoms with Gasteiger partial charge in [0.05, 0.1) is 11.4 Å². The molecule has 0 radical (unpaired) electrons. The molecule has 0 saturated carbocycles. The first kappa shape index (κ1) is 20.9. The zero-order chi connectivity index (χ0) is 21.3. The second-order valence-electron chi connectivity index (χ2n) is 6.49. The number of carbonyl (C=O) groups is 2. The molecular formula is C24H23NO5. The molecule has 6 heteroatoms. The van der Waals surface area contributed by atoms with Crippen molar-refractivity contribution in [3.8, 4) is 5.75 Å². The smallest absolute Gasteiger partial charge is 0.419 e. The van der Waals surface area contributed by atoms with Crippen molar-refractivity contribution in [2.75, 3.05) is 11.5 Å². The molecule has 0 heterocycles. The molecule has 0 aliphatic heterocycles. The first-order chi connectivity index (χ1) is 14.6. The van der Waals surface area contributed by atoms with E-state index in [2.05, 4.69) is 0 Å². The fraction of sp³-hybridized carbons (Fsp3) is 0.167. The lowest BCUT2D eigenvalue weighted by Crippen LogP contribution is -2.26. The third-order valence-electron chi connectivity index (χ3n) is 4.50. The van der Waals surface area contributed by atoms with Gasteiger partial charge in [0.15, 0.2) is 6.61 Å². The summed E-state index contributed by atoms with van der Waals surface area (Å²) in [5, 5.41) is 8.86. The molecule has 0 atom stereocenters. The van der Waals surface area contributed by atoms with Gasteiger partial charge in [-0.2, -0.15) is 0 Å². The molecule has 0 spiro atoms. The number of ether oxygens (including phenoxy) is 2. The summed E-state index contributed by atoms with van der Waals surface area (Å²) < 4.78 is 11.0. The zero-order valence-electron chi connectivity index (χ0n) is 16.7. The Kier molecular flexibility index (Phi) is 7.05. The van der Waals surface area contributed by atoms with Gasteiger partial charge in [0.2, 0.25) is 0 Å². The van der Waals surface area contributed by atoms with E-state index in [4.69, 9.17) is 14.6 Å². The maximum absolute atomic E-state index is 13.0. The van der Waals surface area contributed by atoms with Crippen molar-refractivity contribution >= 4 is 23.4 Å². The topological polar surface area (TPSA) is 76.1 Å². The van der Waals surface area contributed by atoms with Crippen LogP contribution in [0.2, 0.25) is 0 Å². The van der Waals surface area contributed by atoms with E-state index in [1.807, 2.05) is 73.7 Å². The molecular weight excluding hydrogens is 382 g/mol. The summed E-state index contributed by atoms with van der Waals surface area (Å²) in [5.74, 6) is -0.563. The summed E-state index contributed by atoms with van der Waals surface area (Å²) in [5.41, 5.74) is 2.98. The summed E-state index contributed by atoms with van der Waals surface area (Å²) in [7, 11) is 0. The van der Waals surface area contributed by atoms with Gasteiger partial charge in [0.25, 0.3) is 0 Å². The van der Waals surface area contributed by atoms with Gasteiger partial charge in [-0.05, 0) is 42.3 Å². The Balaban J connectivity index is 1.81. The molecule has 3 aromatic rings. The molecule has 3 rings (SSSR count). The van der Waals surface area contributed by atoms with Crippen LogP contribution in [0.1, 0.15) is 18.1 Å². The minimum Gasteiger partial charge on any atom is -0.482 e. The molecule has 0 bridgehead atoms. The summed E-state index contributed by atoms with van der Waals surface area (Å²) >= 11 is 0. The fourth-order valence-electron chi connectivity index (χ4n) is 3.14. The number of hydrogen-bond donors (Lipinski definition) is 1. The third kappa shape index (κ3) is 5.17. The van der Waals surface area contributed by atoms with Gasteiger partial charge >= 0.3 is 12.1 Å². The largest absolute Gasteiger partial charge is 0.482 e.